The predicted molar refractivity (Wildman–Crippen MR) is 89.9 cm³/mol. The third-order valence-electron chi connectivity index (χ3n) is 3.45. The van der Waals surface area contributed by atoms with Crippen molar-refractivity contribution in [2.75, 3.05) is 0 Å². The highest BCUT2D eigenvalue weighted by Crippen LogP contribution is 2.02. The minimum atomic E-state index is -0.836. The minimum Gasteiger partial charge on any atom is -0.445 e. The van der Waals surface area contributed by atoms with Crippen LogP contribution in [-0.2, 0) is 20.9 Å². The maximum atomic E-state index is 12.0. The van der Waals surface area contributed by atoms with Crippen molar-refractivity contribution in [3.8, 4) is 0 Å². The summed E-state index contributed by atoms with van der Waals surface area (Å²) in [7, 11) is 0. The molecule has 7 heteroatoms. The maximum Gasteiger partial charge on any atom is 0.408 e. The van der Waals surface area contributed by atoms with Gasteiger partial charge in [0.15, 0.2) is 0 Å². The average Bonchev–Trinajstić information content (AvgIpc) is 2.57. The van der Waals surface area contributed by atoms with E-state index in [1.54, 1.807) is 0 Å². The second kappa shape index (κ2) is 10.3. The largest absolute Gasteiger partial charge is 0.445 e. The molecule has 0 radical (unpaired) electrons. The summed E-state index contributed by atoms with van der Waals surface area (Å²) < 4.78 is 5.04. The molecule has 0 heterocycles. The normalized spacial score (nSPS) is 12.8. The van der Waals surface area contributed by atoms with Gasteiger partial charge in [-0.25, -0.2) is 4.79 Å². The number of hydrogen-bond donors (Lipinski definition) is 3. The average molecular weight is 335 g/mol. The highest BCUT2D eigenvalue weighted by molar-refractivity contribution is 5.90. The summed E-state index contributed by atoms with van der Waals surface area (Å²) in [6, 6.07) is 7.63. The first-order valence-electron chi connectivity index (χ1n) is 8.01. The Bertz CT molecular complexity index is 548. The summed E-state index contributed by atoms with van der Waals surface area (Å²) in [6.45, 7) is 3.60. The molecule has 0 aliphatic rings. The van der Waals surface area contributed by atoms with Gasteiger partial charge >= 0.3 is 6.09 Å². The molecule has 2 atom stereocenters. The van der Waals surface area contributed by atoms with Crippen molar-refractivity contribution in [1.82, 2.24) is 10.6 Å². The standard InChI is InChI=1S/C17H25N3O4/c1-3-4-10-14(15(18)21)20-16(22)12(2)19-17(23)24-11-13-8-6-5-7-9-13/h5-9,12,14H,3-4,10-11H2,1-2H3,(H2,18,21)(H,19,23)(H,20,22)/t12-,14+/m0/s1. The SMILES string of the molecule is CCCC[C@@H](NC(=O)[C@H](C)NC(=O)OCc1ccccc1)C(N)=O. The lowest BCUT2D eigenvalue weighted by Gasteiger charge is -2.19. The lowest BCUT2D eigenvalue weighted by Crippen LogP contribution is -2.51. The fourth-order valence-electron chi connectivity index (χ4n) is 2.00. The summed E-state index contributed by atoms with van der Waals surface area (Å²) in [4.78, 5) is 35.1. The molecule has 1 rings (SSSR count). The molecule has 7 nitrogen and oxygen atoms in total. The molecule has 0 bridgehead atoms. The number of nitrogens with one attached hydrogen (secondary N) is 2. The Morgan fingerprint density at radius 3 is 2.42 bits per heavy atom. The molecule has 0 fully saturated rings. The molecule has 0 unspecified atom stereocenters. The van der Waals surface area contributed by atoms with Gasteiger partial charge in [0, 0.05) is 0 Å². The Morgan fingerprint density at radius 1 is 1.17 bits per heavy atom. The van der Waals surface area contributed by atoms with E-state index in [9.17, 15) is 14.4 Å². The fourth-order valence-corrected chi connectivity index (χ4v) is 2.00. The zero-order chi connectivity index (χ0) is 17.9. The number of hydrogen-bond acceptors (Lipinski definition) is 4. The van der Waals surface area contributed by atoms with Crippen LogP contribution in [0.25, 0.3) is 0 Å². The molecule has 0 saturated heterocycles. The summed E-state index contributed by atoms with van der Waals surface area (Å²) in [5.74, 6) is -1.07. The number of benzene rings is 1. The van der Waals surface area contributed by atoms with Crippen LogP contribution < -0.4 is 16.4 Å². The zero-order valence-electron chi connectivity index (χ0n) is 14.1. The molecule has 24 heavy (non-hydrogen) atoms. The Kier molecular flexibility index (Phi) is 8.32. The quantitative estimate of drug-likeness (QED) is 0.634. The third-order valence-corrected chi connectivity index (χ3v) is 3.45. The minimum absolute atomic E-state index is 0.113. The van der Waals surface area contributed by atoms with Gasteiger partial charge in [0.1, 0.15) is 18.7 Å². The smallest absolute Gasteiger partial charge is 0.408 e. The van der Waals surface area contributed by atoms with Crippen LogP contribution in [0.1, 0.15) is 38.7 Å². The molecular formula is C17H25N3O4. The van der Waals surface area contributed by atoms with Crippen LogP contribution in [0.2, 0.25) is 0 Å². The van der Waals surface area contributed by atoms with Crippen molar-refractivity contribution in [3.63, 3.8) is 0 Å². The Balaban J connectivity index is 2.41. The molecule has 1 aromatic carbocycles. The number of unbranched alkanes of at least 4 members (excludes halogenated alkanes) is 1. The van der Waals surface area contributed by atoms with Gasteiger partial charge in [-0.3, -0.25) is 9.59 Å². The lowest BCUT2D eigenvalue weighted by molar-refractivity contribution is -0.128. The first-order valence-corrected chi connectivity index (χ1v) is 8.01. The maximum absolute atomic E-state index is 12.0. The number of amides is 3. The molecule has 4 N–H and O–H groups in total. The lowest BCUT2D eigenvalue weighted by atomic mass is 10.1. The third kappa shape index (κ3) is 7.13. The summed E-state index contributed by atoms with van der Waals surface area (Å²) in [6.07, 6.45) is 1.43. The molecule has 3 amide bonds. The number of carbonyl (C=O) groups is 3. The topological polar surface area (TPSA) is 111 Å². The van der Waals surface area contributed by atoms with Crippen LogP contribution in [0.5, 0.6) is 0 Å². The van der Waals surface area contributed by atoms with Crippen molar-refractivity contribution in [3.05, 3.63) is 35.9 Å². The van der Waals surface area contributed by atoms with Gasteiger partial charge in [-0.05, 0) is 18.9 Å². The zero-order valence-corrected chi connectivity index (χ0v) is 14.1. The van der Waals surface area contributed by atoms with E-state index in [4.69, 9.17) is 10.5 Å². The molecule has 0 aromatic heterocycles. The Morgan fingerprint density at radius 2 is 1.83 bits per heavy atom. The van der Waals surface area contributed by atoms with Crippen LogP contribution in [0, 0.1) is 0 Å². The number of alkyl carbamates (subject to hydrolysis) is 1. The molecule has 0 spiro atoms. The van der Waals surface area contributed by atoms with Crippen molar-refractivity contribution in [2.45, 2.75) is 51.8 Å². The number of primary amides is 1. The molecular weight excluding hydrogens is 310 g/mol. The van der Waals surface area contributed by atoms with E-state index in [1.807, 2.05) is 37.3 Å². The van der Waals surface area contributed by atoms with Crippen molar-refractivity contribution < 1.29 is 19.1 Å². The molecule has 0 aliphatic heterocycles. The van der Waals surface area contributed by atoms with E-state index in [2.05, 4.69) is 10.6 Å². The van der Waals surface area contributed by atoms with Gasteiger partial charge in [0.2, 0.25) is 11.8 Å². The first kappa shape index (κ1) is 19.5. The molecule has 0 saturated carbocycles. The van der Waals surface area contributed by atoms with E-state index < -0.39 is 30.0 Å². The number of rotatable bonds is 9. The van der Waals surface area contributed by atoms with E-state index in [0.29, 0.717) is 6.42 Å². The second-order valence-electron chi connectivity index (χ2n) is 5.53. The number of nitrogens with two attached hydrogens (primary N) is 1. The summed E-state index contributed by atoms with van der Waals surface area (Å²) in [5.41, 5.74) is 6.12. The monoisotopic (exact) mass is 335 g/mol. The molecule has 1 aromatic rings. The first-order chi connectivity index (χ1) is 11.4. The van der Waals surface area contributed by atoms with Crippen LogP contribution in [0.3, 0.4) is 0 Å². The van der Waals surface area contributed by atoms with E-state index in [-0.39, 0.29) is 6.61 Å². The second-order valence-corrected chi connectivity index (χ2v) is 5.53. The van der Waals surface area contributed by atoms with Gasteiger partial charge in [-0.15, -0.1) is 0 Å². The highest BCUT2D eigenvalue weighted by atomic mass is 16.5. The van der Waals surface area contributed by atoms with Gasteiger partial charge in [0.25, 0.3) is 0 Å². The van der Waals surface area contributed by atoms with Gasteiger partial charge < -0.3 is 21.1 Å². The van der Waals surface area contributed by atoms with Crippen LogP contribution in [-0.4, -0.2) is 30.0 Å². The van der Waals surface area contributed by atoms with E-state index in [1.165, 1.54) is 6.92 Å². The predicted octanol–water partition coefficient (Wildman–Crippen LogP) is 1.46. The molecule has 132 valence electrons. The van der Waals surface area contributed by atoms with Crippen LogP contribution in [0.4, 0.5) is 4.79 Å². The summed E-state index contributed by atoms with van der Waals surface area (Å²) >= 11 is 0. The van der Waals surface area contributed by atoms with Crippen molar-refractivity contribution in [1.29, 1.82) is 0 Å². The highest BCUT2D eigenvalue weighted by Gasteiger charge is 2.22. The van der Waals surface area contributed by atoms with E-state index in [0.717, 1.165) is 18.4 Å². The van der Waals surface area contributed by atoms with Crippen molar-refractivity contribution >= 4 is 17.9 Å². The van der Waals surface area contributed by atoms with Gasteiger partial charge in [-0.1, -0.05) is 50.1 Å². The van der Waals surface area contributed by atoms with Crippen molar-refractivity contribution in [2.24, 2.45) is 5.73 Å². The van der Waals surface area contributed by atoms with Crippen LogP contribution >= 0.6 is 0 Å². The van der Waals surface area contributed by atoms with Crippen LogP contribution in [0.15, 0.2) is 30.3 Å². The number of ether oxygens (including phenoxy) is 1. The molecule has 0 aliphatic carbocycles. The Hall–Kier alpha value is -2.57. The Labute approximate surface area is 141 Å². The van der Waals surface area contributed by atoms with E-state index >= 15 is 0 Å². The van der Waals surface area contributed by atoms with Gasteiger partial charge in [0.05, 0.1) is 0 Å². The summed E-state index contributed by atoms with van der Waals surface area (Å²) in [5, 5.41) is 4.97. The fraction of sp³-hybridized carbons (Fsp3) is 0.471. The number of carbonyl (C=O) groups excluding carboxylic acids is 3. The van der Waals surface area contributed by atoms with Gasteiger partial charge in [-0.2, -0.15) is 0 Å².